The van der Waals surface area contributed by atoms with Gasteiger partial charge in [-0.15, -0.1) is 0 Å². The van der Waals surface area contributed by atoms with Gasteiger partial charge >= 0.3 is 0 Å². The van der Waals surface area contributed by atoms with Gasteiger partial charge in [-0.05, 0) is 29.2 Å². The van der Waals surface area contributed by atoms with Crippen molar-refractivity contribution in [3.8, 4) is 0 Å². The summed E-state index contributed by atoms with van der Waals surface area (Å²) in [6.07, 6.45) is 9.05. The highest BCUT2D eigenvalue weighted by atomic mass is 14.0. The summed E-state index contributed by atoms with van der Waals surface area (Å²) in [5.74, 6) is 0. The molecule has 0 aliphatic heterocycles. The minimum atomic E-state index is 1.06. The molecule has 0 unspecified atom stereocenters. The Balaban J connectivity index is 3.07. The van der Waals surface area contributed by atoms with Crippen molar-refractivity contribution in [1.82, 2.24) is 0 Å². The van der Waals surface area contributed by atoms with E-state index in [1.807, 2.05) is 12.2 Å². The Morgan fingerprint density at radius 2 is 1.86 bits per heavy atom. The zero-order valence-electron chi connectivity index (χ0n) is 8.66. The number of allylic oxidation sites excluding steroid dienone is 1. The quantitative estimate of drug-likeness (QED) is 0.650. The topological polar surface area (TPSA) is 0 Å². The van der Waals surface area contributed by atoms with Crippen molar-refractivity contribution in [3.05, 3.63) is 54.1 Å². The van der Waals surface area contributed by atoms with E-state index in [-0.39, 0.29) is 0 Å². The summed E-state index contributed by atoms with van der Waals surface area (Å²) in [6, 6.07) is 6.28. The van der Waals surface area contributed by atoms with Gasteiger partial charge in [0, 0.05) is 0 Å². The molecule has 0 aliphatic carbocycles. The van der Waals surface area contributed by atoms with E-state index in [0.29, 0.717) is 0 Å². The molecule has 0 heteroatoms. The summed E-state index contributed by atoms with van der Waals surface area (Å²) in [4.78, 5) is 0. The Hall–Kier alpha value is -1.56. The molecule has 0 bridgehead atoms. The van der Waals surface area contributed by atoms with E-state index in [1.54, 1.807) is 0 Å². The maximum Gasteiger partial charge on any atom is -0.0184 e. The van der Waals surface area contributed by atoms with Crippen molar-refractivity contribution < 1.29 is 0 Å². The molecule has 1 rings (SSSR count). The van der Waals surface area contributed by atoms with Crippen LogP contribution in [0.25, 0.3) is 18.2 Å². The molecule has 0 radical (unpaired) electrons. The number of hydrogen-bond donors (Lipinski definition) is 0. The molecule has 1 aromatic rings. The maximum atomic E-state index is 3.79. The van der Waals surface area contributed by atoms with Crippen LogP contribution < -0.4 is 0 Å². The smallest absolute Gasteiger partial charge is 0.0184 e. The lowest BCUT2D eigenvalue weighted by molar-refractivity contribution is 1.23. The first-order valence-corrected chi connectivity index (χ1v) is 4.87. The summed E-state index contributed by atoms with van der Waals surface area (Å²) in [5.41, 5.74) is 3.49. The van der Waals surface area contributed by atoms with Gasteiger partial charge in [0.1, 0.15) is 0 Å². The van der Waals surface area contributed by atoms with Gasteiger partial charge in [-0.25, -0.2) is 0 Å². The number of rotatable bonds is 4. The predicted octanol–water partition coefficient (Wildman–Crippen LogP) is 4.40. The van der Waals surface area contributed by atoms with Crippen molar-refractivity contribution in [2.75, 3.05) is 0 Å². The zero-order chi connectivity index (χ0) is 10.4. The first-order valence-electron chi connectivity index (χ1n) is 4.87. The van der Waals surface area contributed by atoms with E-state index < -0.39 is 0 Å². The normalized spacial score (nSPS) is 10.4. The van der Waals surface area contributed by atoms with Crippen LogP contribution in [0.2, 0.25) is 0 Å². The summed E-state index contributed by atoms with van der Waals surface area (Å²) in [6.45, 7) is 9.68. The Morgan fingerprint density at radius 3 is 2.43 bits per heavy atom. The molecule has 0 N–H and O–H groups in total. The summed E-state index contributed by atoms with van der Waals surface area (Å²) in [5, 5.41) is 0. The maximum absolute atomic E-state index is 3.79. The van der Waals surface area contributed by atoms with Crippen LogP contribution in [0.15, 0.2) is 37.4 Å². The van der Waals surface area contributed by atoms with Gasteiger partial charge in [-0.3, -0.25) is 0 Å². The molecule has 0 atom stereocenters. The third-order valence-electron chi connectivity index (χ3n) is 2.10. The summed E-state index contributed by atoms with van der Waals surface area (Å²) >= 11 is 0. The van der Waals surface area contributed by atoms with Crippen LogP contribution in [0.4, 0.5) is 0 Å². The van der Waals surface area contributed by atoms with Crippen molar-refractivity contribution in [2.24, 2.45) is 0 Å². The van der Waals surface area contributed by atoms with E-state index in [4.69, 9.17) is 0 Å². The molecular weight excluding hydrogens is 168 g/mol. The molecule has 72 valence electrons. The fraction of sp³-hybridized carbons (Fsp3) is 0.143. The van der Waals surface area contributed by atoms with Crippen LogP contribution in [0.1, 0.15) is 30.0 Å². The molecule has 0 saturated carbocycles. The van der Waals surface area contributed by atoms with Crippen LogP contribution in [0.5, 0.6) is 0 Å². The molecule has 0 saturated heterocycles. The molecule has 14 heavy (non-hydrogen) atoms. The van der Waals surface area contributed by atoms with Gasteiger partial charge < -0.3 is 0 Å². The average molecular weight is 184 g/mol. The molecule has 0 nitrogen and oxygen atoms in total. The van der Waals surface area contributed by atoms with Crippen LogP contribution >= 0.6 is 0 Å². The van der Waals surface area contributed by atoms with E-state index in [1.165, 1.54) is 5.56 Å². The monoisotopic (exact) mass is 184 g/mol. The van der Waals surface area contributed by atoms with E-state index in [2.05, 4.69) is 50.4 Å². The number of hydrogen-bond acceptors (Lipinski definition) is 0. The Morgan fingerprint density at radius 1 is 1.14 bits per heavy atom. The minimum Gasteiger partial charge on any atom is -0.0984 e. The van der Waals surface area contributed by atoms with Crippen LogP contribution in [-0.2, 0) is 0 Å². The van der Waals surface area contributed by atoms with E-state index in [9.17, 15) is 0 Å². The molecule has 0 spiro atoms. The SMILES string of the molecule is C=Cc1ccc(/C=C/CC)cc1C=C. The highest BCUT2D eigenvalue weighted by Crippen LogP contribution is 2.15. The molecule has 1 aromatic carbocycles. The minimum absolute atomic E-state index is 1.06. The second-order valence-electron chi connectivity index (χ2n) is 3.11. The average Bonchev–Trinajstić information content (AvgIpc) is 2.25. The Kier molecular flexibility index (Phi) is 3.93. The standard InChI is InChI=1S/C14H16/c1-4-7-8-12-9-10-13(5-2)14(6-3)11-12/h5-11H,2-4H2,1H3/b8-7+. The highest BCUT2D eigenvalue weighted by molar-refractivity contribution is 5.67. The van der Waals surface area contributed by atoms with Gasteiger partial charge in [0.15, 0.2) is 0 Å². The van der Waals surface area contributed by atoms with Gasteiger partial charge in [-0.1, -0.05) is 56.5 Å². The van der Waals surface area contributed by atoms with Crippen molar-refractivity contribution in [3.63, 3.8) is 0 Å². The van der Waals surface area contributed by atoms with Gasteiger partial charge in [-0.2, -0.15) is 0 Å². The van der Waals surface area contributed by atoms with Gasteiger partial charge in [0.05, 0.1) is 0 Å². The fourth-order valence-electron chi connectivity index (χ4n) is 1.31. The van der Waals surface area contributed by atoms with Crippen LogP contribution in [0, 0.1) is 0 Å². The van der Waals surface area contributed by atoms with Crippen LogP contribution in [0.3, 0.4) is 0 Å². The molecular formula is C14H16. The Bertz CT molecular complexity index is 356. The lowest BCUT2D eigenvalue weighted by Gasteiger charge is -2.02. The van der Waals surface area contributed by atoms with Crippen LogP contribution in [-0.4, -0.2) is 0 Å². The predicted molar refractivity (Wildman–Crippen MR) is 65.9 cm³/mol. The van der Waals surface area contributed by atoms with Gasteiger partial charge in [0.25, 0.3) is 0 Å². The molecule has 0 aromatic heterocycles. The first-order chi connectivity index (χ1) is 6.81. The van der Waals surface area contributed by atoms with Crippen molar-refractivity contribution in [1.29, 1.82) is 0 Å². The lowest BCUT2D eigenvalue weighted by Crippen LogP contribution is -1.81. The lowest BCUT2D eigenvalue weighted by atomic mass is 10.0. The summed E-state index contributed by atoms with van der Waals surface area (Å²) in [7, 11) is 0. The second kappa shape index (κ2) is 5.23. The highest BCUT2D eigenvalue weighted by Gasteiger charge is 1.95. The molecule has 0 aliphatic rings. The molecule has 0 amide bonds. The third kappa shape index (κ3) is 2.46. The largest absolute Gasteiger partial charge is 0.0984 e. The van der Waals surface area contributed by atoms with Crippen molar-refractivity contribution >= 4 is 18.2 Å². The Labute approximate surface area is 86.3 Å². The van der Waals surface area contributed by atoms with E-state index >= 15 is 0 Å². The van der Waals surface area contributed by atoms with Crippen molar-refractivity contribution in [2.45, 2.75) is 13.3 Å². The molecule has 0 heterocycles. The third-order valence-corrected chi connectivity index (χ3v) is 2.10. The fourth-order valence-corrected chi connectivity index (χ4v) is 1.31. The summed E-state index contributed by atoms with van der Waals surface area (Å²) < 4.78 is 0. The van der Waals surface area contributed by atoms with Gasteiger partial charge in [0.2, 0.25) is 0 Å². The molecule has 0 fully saturated rings. The number of benzene rings is 1. The first kappa shape index (κ1) is 10.5. The zero-order valence-corrected chi connectivity index (χ0v) is 8.66. The second-order valence-corrected chi connectivity index (χ2v) is 3.11. The van der Waals surface area contributed by atoms with E-state index in [0.717, 1.165) is 17.5 Å².